The molecule has 7 heteroatoms. The zero-order valence-corrected chi connectivity index (χ0v) is 16.9. The molecule has 0 aromatic heterocycles. The van der Waals surface area contributed by atoms with Crippen molar-refractivity contribution in [1.29, 1.82) is 0 Å². The quantitative estimate of drug-likeness (QED) is 0.401. The number of nitrogens with zero attached hydrogens (tertiary/aromatic N) is 3. The predicted octanol–water partition coefficient (Wildman–Crippen LogP) is 1.66. The van der Waals surface area contributed by atoms with Crippen LogP contribution in [0.15, 0.2) is 35.3 Å². The Balaban J connectivity index is 0.00000225. The molecule has 1 saturated heterocycles. The average Bonchev–Trinajstić information content (AvgIpc) is 2.59. The number of hydrogen-bond donors (Lipinski definition) is 2. The van der Waals surface area contributed by atoms with Crippen LogP contribution in [0.3, 0.4) is 0 Å². The summed E-state index contributed by atoms with van der Waals surface area (Å²) in [6, 6.07) is 10.3. The van der Waals surface area contributed by atoms with E-state index >= 15 is 0 Å². The summed E-state index contributed by atoms with van der Waals surface area (Å²) in [5.74, 6) is 1.16. The molecule has 0 unspecified atom stereocenters. The highest BCUT2D eigenvalue weighted by Gasteiger charge is 2.21. The maximum atomic E-state index is 12.3. The molecule has 0 radical (unpaired) electrons. The summed E-state index contributed by atoms with van der Waals surface area (Å²) in [6.45, 7) is 4.19. The van der Waals surface area contributed by atoms with Crippen molar-refractivity contribution in [3.05, 3.63) is 30.3 Å². The Bertz CT molecular complexity index is 568. The number of rotatable bonds is 5. The molecule has 138 valence electrons. The summed E-state index contributed by atoms with van der Waals surface area (Å²) in [7, 11) is 0. The molecular formula is C18H28IN5O. The third-order valence-corrected chi connectivity index (χ3v) is 4.93. The molecule has 3 rings (SSSR count). The molecule has 0 bridgehead atoms. The van der Waals surface area contributed by atoms with Gasteiger partial charge in [0.15, 0.2) is 5.96 Å². The Morgan fingerprint density at radius 1 is 1.16 bits per heavy atom. The van der Waals surface area contributed by atoms with Crippen LogP contribution in [0, 0.1) is 5.92 Å². The number of aliphatic imine (C=N–C) groups is 1. The molecule has 3 N–H and O–H groups in total. The zero-order valence-electron chi connectivity index (χ0n) is 14.6. The molecule has 25 heavy (non-hydrogen) atoms. The van der Waals surface area contributed by atoms with E-state index in [-0.39, 0.29) is 36.4 Å². The summed E-state index contributed by atoms with van der Waals surface area (Å²) in [4.78, 5) is 20.6. The van der Waals surface area contributed by atoms with Crippen molar-refractivity contribution in [3.63, 3.8) is 0 Å². The number of nitrogens with two attached hydrogens (primary N) is 1. The van der Waals surface area contributed by atoms with Crippen molar-refractivity contribution < 1.29 is 4.79 Å². The van der Waals surface area contributed by atoms with Gasteiger partial charge in [-0.25, -0.2) is 4.99 Å². The number of halogens is 1. The molecule has 0 atom stereocenters. The highest BCUT2D eigenvalue weighted by atomic mass is 127. The molecule has 2 fully saturated rings. The predicted molar refractivity (Wildman–Crippen MR) is 112 cm³/mol. The maximum Gasteiger partial charge on any atom is 0.244 e. The standard InChI is InChI=1S/C18H27N5O.HI/c19-18(20-13-15-5-4-6-15)21-14-17(24)23-11-9-22(10-12-23)16-7-2-1-3-8-16;/h1-3,7-8,15H,4-6,9-14H2,(H3,19,20,21);1H. The lowest BCUT2D eigenvalue weighted by molar-refractivity contribution is -0.129. The number of nitrogens with one attached hydrogen (secondary N) is 1. The summed E-state index contributed by atoms with van der Waals surface area (Å²) < 4.78 is 0. The van der Waals surface area contributed by atoms with Crippen LogP contribution in [-0.2, 0) is 4.79 Å². The van der Waals surface area contributed by atoms with Gasteiger partial charge in [0.2, 0.25) is 5.91 Å². The van der Waals surface area contributed by atoms with Gasteiger partial charge >= 0.3 is 0 Å². The molecule has 0 spiro atoms. The van der Waals surface area contributed by atoms with Gasteiger partial charge < -0.3 is 20.9 Å². The second-order valence-electron chi connectivity index (χ2n) is 6.58. The number of hydrogen-bond acceptors (Lipinski definition) is 3. The lowest BCUT2D eigenvalue weighted by atomic mass is 9.85. The largest absolute Gasteiger partial charge is 0.370 e. The van der Waals surface area contributed by atoms with Gasteiger partial charge in [0.1, 0.15) is 6.54 Å². The Labute approximate surface area is 166 Å². The first-order chi connectivity index (χ1) is 11.7. The van der Waals surface area contributed by atoms with Crippen LogP contribution >= 0.6 is 24.0 Å². The van der Waals surface area contributed by atoms with Crippen LogP contribution in [0.4, 0.5) is 5.69 Å². The smallest absolute Gasteiger partial charge is 0.244 e. The highest BCUT2D eigenvalue weighted by Crippen LogP contribution is 2.24. The third-order valence-electron chi connectivity index (χ3n) is 4.93. The molecule has 6 nitrogen and oxygen atoms in total. The van der Waals surface area contributed by atoms with Crippen molar-refractivity contribution >= 4 is 41.5 Å². The van der Waals surface area contributed by atoms with E-state index in [1.807, 2.05) is 23.1 Å². The van der Waals surface area contributed by atoms with E-state index in [2.05, 4.69) is 27.3 Å². The lowest BCUT2D eigenvalue weighted by Crippen LogP contribution is -2.49. The van der Waals surface area contributed by atoms with E-state index in [1.165, 1.54) is 24.9 Å². The van der Waals surface area contributed by atoms with Crippen molar-refractivity contribution in [2.75, 3.05) is 44.2 Å². The van der Waals surface area contributed by atoms with Gasteiger partial charge in [-0.2, -0.15) is 0 Å². The van der Waals surface area contributed by atoms with Crippen LogP contribution in [0.2, 0.25) is 0 Å². The van der Waals surface area contributed by atoms with Crippen LogP contribution in [0.5, 0.6) is 0 Å². The first kappa shape index (κ1) is 19.8. The second-order valence-corrected chi connectivity index (χ2v) is 6.58. The van der Waals surface area contributed by atoms with Gasteiger partial charge in [-0.15, -0.1) is 24.0 Å². The lowest BCUT2D eigenvalue weighted by Gasteiger charge is -2.36. The Kier molecular flexibility index (Phi) is 7.80. The summed E-state index contributed by atoms with van der Waals surface area (Å²) >= 11 is 0. The fourth-order valence-corrected chi connectivity index (χ4v) is 3.11. The number of para-hydroxylation sites is 1. The van der Waals surface area contributed by atoms with E-state index in [0.29, 0.717) is 5.96 Å². The fraction of sp³-hybridized carbons (Fsp3) is 0.556. The number of guanidine groups is 1. The molecule has 1 aliphatic carbocycles. The normalized spacial score (nSPS) is 18.3. The number of carbonyl (C=O) groups excluding carboxylic acids is 1. The average molecular weight is 457 g/mol. The Morgan fingerprint density at radius 2 is 1.84 bits per heavy atom. The van der Waals surface area contributed by atoms with Crippen LogP contribution < -0.4 is 16.0 Å². The van der Waals surface area contributed by atoms with E-state index in [4.69, 9.17) is 5.73 Å². The third kappa shape index (κ3) is 5.76. The van der Waals surface area contributed by atoms with E-state index < -0.39 is 0 Å². The monoisotopic (exact) mass is 457 g/mol. The number of benzene rings is 1. The van der Waals surface area contributed by atoms with E-state index in [0.717, 1.165) is 38.6 Å². The topological polar surface area (TPSA) is 74.0 Å². The summed E-state index contributed by atoms with van der Waals surface area (Å²) in [5, 5.41) is 3.12. The van der Waals surface area contributed by atoms with Gasteiger partial charge in [-0.05, 0) is 30.9 Å². The number of anilines is 1. The molecule has 1 aliphatic heterocycles. The van der Waals surface area contributed by atoms with E-state index in [9.17, 15) is 4.79 Å². The van der Waals surface area contributed by atoms with Gasteiger partial charge in [0.25, 0.3) is 0 Å². The van der Waals surface area contributed by atoms with Gasteiger partial charge in [-0.3, -0.25) is 4.79 Å². The fourth-order valence-electron chi connectivity index (χ4n) is 3.11. The second kappa shape index (κ2) is 9.84. The molecule has 1 aromatic rings. The molecule has 1 aromatic carbocycles. The van der Waals surface area contributed by atoms with Crippen LogP contribution in [0.25, 0.3) is 0 Å². The van der Waals surface area contributed by atoms with Crippen LogP contribution in [-0.4, -0.2) is 56.0 Å². The summed E-state index contributed by atoms with van der Waals surface area (Å²) in [5.41, 5.74) is 7.05. The number of piperazine rings is 1. The van der Waals surface area contributed by atoms with Gasteiger partial charge in [0, 0.05) is 38.4 Å². The minimum Gasteiger partial charge on any atom is -0.370 e. The molecule has 1 saturated carbocycles. The van der Waals surface area contributed by atoms with Crippen LogP contribution in [0.1, 0.15) is 19.3 Å². The Hall–Kier alpha value is -1.51. The number of amides is 1. The van der Waals surface area contributed by atoms with Gasteiger partial charge in [-0.1, -0.05) is 24.6 Å². The zero-order chi connectivity index (χ0) is 16.8. The van der Waals surface area contributed by atoms with Crippen molar-refractivity contribution in [2.45, 2.75) is 19.3 Å². The summed E-state index contributed by atoms with van der Waals surface area (Å²) in [6.07, 6.45) is 3.85. The first-order valence-corrected chi connectivity index (χ1v) is 8.84. The Morgan fingerprint density at radius 3 is 2.44 bits per heavy atom. The maximum absolute atomic E-state index is 12.3. The number of carbonyl (C=O) groups is 1. The van der Waals surface area contributed by atoms with Crippen molar-refractivity contribution in [1.82, 2.24) is 10.2 Å². The van der Waals surface area contributed by atoms with E-state index in [1.54, 1.807) is 0 Å². The van der Waals surface area contributed by atoms with Crippen molar-refractivity contribution in [3.8, 4) is 0 Å². The SMILES string of the molecule is I.NC(=NCC(=O)N1CCN(c2ccccc2)CC1)NCC1CCC1. The molecule has 1 heterocycles. The minimum absolute atomic E-state index is 0. The highest BCUT2D eigenvalue weighted by molar-refractivity contribution is 14.0. The molecular weight excluding hydrogens is 429 g/mol. The van der Waals surface area contributed by atoms with Gasteiger partial charge in [0.05, 0.1) is 0 Å². The van der Waals surface area contributed by atoms with Crippen molar-refractivity contribution in [2.24, 2.45) is 16.6 Å². The molecule has 1 amide bonds. The minimum atomic E-state index is 0. The first-order valence-electron chi connectivity index (χ1n) is 8.84. The molecule has 2 aliphatic rings.